The van der Waals surface area contributed by atoms with Gasteiger partial charge in [0.2, 0.25) is 0 Å². The number of aromatic carboxylic acids is 2. The maximum Gasteiger partial charge on any atom is 0.410 e. The smallest absolute Gasteiger partial charge is 0.410 e. The van der Waals surface area contributed by atoms with Crippen LogP contribution in [0, 0.1) is 0 Å². The molecule has 2 aromatic heterocycles. The molecule has 3 N–H and O–H groups in total. The molecule has 0 aliphatic carbocycles. The minimum atomic E-state index is -0.988. The van der Waals surface area contributed by atoms with Gasteiger partial charge in [-0.25, -0.2) is 19.2 Å². The molecule has 2 aliphatic heterocycles. The van der Waals surface area contributed by atoms with Crippen molar-refractivity contribution < 1.29 is 43.7 Å². The third kappa shape index (κ3) is 14.4. The van der Waals surface area contributed by atoms with Gasteiger partial charge in [0.1, 0.15) is 21.0 Å². The summed E-state index contributed by atoms with van der Waals surface area (Å²) in [7, 11) is 0. The second-order valence-corrected chi connectivity index (χ2v) is 14.4. The summed E-state index contributed by atoms with van der Waals surface area (Å²) in [4.78, 5) is 62.3. The van der Waals surface area contributed by atoms with Gasteiger partial charge in [-0.1, -0.05) is 0 Å². The molecule has 0 spiro atoms. The van der Waals surface area contributed by atoms with Crippen molar-refractivity contribution in [3.8, 4) is 0 Å². The van der Waals surface area contributed by atoms with Crippen molar-refractivity contribution in [1.29, 1.82) is 0 Å². The molecule has 45 heavy (non-hydrogen) atoms. The number of hydrogen-bond donors (Lipinski definition) is 3. The Morgan fingerprint density at radius 1 is 0.756 bits per heavy atom. The zero-order valence-electron chi connectivity index (χ0n) is 26.7. The Kier molecular flexibility index (Phi) is 14.4. The van der Waals surface area contributed by atoms with Crippen LogP contribution >= 0.6 is 22.7 Å². The van der Waals surface area contributed by atoms with Crippen LogP contribution in [0.4, 0.5) is 9.59 Å². The Labute approximate surface area is 271 Å². The Morgan fingerprint density at radius 2 is 1.22 bits per heavy atom. The number of carboxylic acids is 2. The van der Waals surface area contributed by atoms with E-state index >= 15 is 0 Å². The number of nitrogens with one attached hydrogen (secondary N) is 1. The number of hydrogen-bond acceptors (Lipinski definition) is 11. The van der Waals surface area contributed by atoms with Crippen molar-refractivity contribution in [2.24, 2.45) is 0 Å². The van der Waals surface area contributed by atoms with Crippen LogP contribution in [-0.2, 0) is 16.0 Å². The number of aldehydes is 1. The summed E-state index contributed by atoms with van der Waals surface area (Å²) in [5.74, 6) is -1.87. The van der Waals surface area contributed by atoms with E-state index in [1.807, 2.05) is 47.6 Å². The third-order valence-electron chi connectivity index (χ3n) is 6.00. The SMILES string of the molecule is CC(C)(C)OC(=O)N1CCN(Cc2ccc(C(=O)O)s2)CC1.CC(C)(C)OC(=O)N1CCNCC1.O=Cc1ccc(C(=O)O)s1. The number of carbonyl (C=O) groups is 5. The van der Waals surface area contributed by atoms with Gasteiger partial charge in [0, 0.05) is 63.8 Å². The molecule has 2 amide bonds. The van der Waals surface area contributed by atoms with Gasteiger partial charge >= 0.3 is 24.1 Å². The molecule has 0 aromatic carbocycles. The first-order valence-electron chi connectivity index (χ1n) is 14.5. The van der Waals surface area contributed by atoms with Crippen LogP contribution in [0.1, 0.15) is 75.4 Å². The number of ether oxygens (including phenoxy) is 2. The van der Waals surface area contributed by atoms with Crippen molar-refractivity contribution in [3.05, 3.63) is 43.8 Å². The third-order valence-corrected chi connectivity index (χ3v) is 8.05. The lowest BCUT2D eigenvalue weighted by Gasteiger charge is -2.35. The fourth-order valence-electron chi connectivity index (χ4n) is 3.92. The lowest BCUT2D eigenvalue weighted by molar-refractivity contribution is 0.0138. The van der Waals surface area contributed by atoms with Crippen molar-refractivity contribution in [1.82, 2.24) is 20.0 Å². The van der Waals surface area contributed by atoms with Crippen molar-refractivity contribution in [2.45, 2.75) is 59.3 Å². The van der Waals surface area contributed by atoms with Gasteiger partial charge in [0.15, 0.2) is 6.29 Å². The van der Waals surface area contributed by atoms with Crippen LogP contribution < -0.4 is 5.32 Å². The van der Waals surface area contributed by atoms with Gasteiger partial charge in [-0.05, 0) is 65.8 Å². The van der Waals surface area contributed by atoms with Crippen LogP contribution in [0.15, 0.2) is 24.3 Å². The van der Waals surface area contributed by atoms with Crippen LogP contribution in [0.2, 0.25) is 0 Å². The maximum atomic E-state index is 12.0. The second-order valence-electron chi connectivity index (χ2n) is 12.2. The highest BCUT2D eigenvalue weighted by atomic mass is 32.1. The predicted octanol–water partition coefficient (Wildman–Crippen LogP) is 4.58. The highest BCUT2D eigenvalue weighted by Gasteiger charge is 2.26. The highest BCUT2D eigenvalue weighted by molar-refractivity contribution is 7.15. The Hall–Kier alpha value is -3.53. The van der Waals surface area contributed by atoms with E-state index < -0.39 is 17.5 Å². The molecule has 15 heteroatoms. The van der Waals surface area contributed by atoms with Crippen LogP contribution in [0.25, 0.3) is 0 Å². The van der Waals surface area contributed by atoms with Crippen molar-refractivity contribution >= 4 is 53.1 Å². The molecule has 13 nitrogen and oxygen atoms in total. The normalized spacial score (nSPS) is 15.5. The van der Waals surface area contributed by atoms with E-state index in [1.165, 1.54) is 23.5 Å². The summed E-state index contributed by atoms with van der Waals surface area (Å²) in [6, 6.07) is 6.39. The van der Waals surface area contributed by atoms with E-state index in [2.05, 4.69) is 10.2 Å². The van der Waals surface area contributed by atoms with E-state index in [9.17, 15) is 24.0 Å². The largest absolute Gasteiger partial charge is 0.477 e. The fraction of sp³-hybridized carbons (Fsp3) is 0.567. The first-order valence-corrected chi connectivity index (χ1v) is 16.1. The van der Waals surface area contributed by atoms with Gasteiger partial charge in [-0.15, -0.1) is 22.7 Å². The lowest BCUT2D eigenvalue weighted by Crippen LogP contribution is -2.49. The van der Waals surface area contributed by atoms with Crippen molar-refractivity contribution in [3.63, 3.8) is 0 Å². The molecule has 2 aromatic rings. The van der Waals surface area contributed by atoms with Crippen LogP contribution in [0.5, 0.6) is 0 Å². The molecule has 250 valence electrons. The number of rotatable bonds is 5. The Balaban J connectivity index is 0.000000259. The van der Waals surface area contributed by atoms with Crippen LogP contribution in [-0.4, -0.2) is 119 Å². The van der Waals surface area contributed by atoms with Gasteiger partial charge in [0.05, 0.1) is 4.88 Å². The molecule has 2 saturated heterocycles. The number of piperazine rings is 2. The lowest BCUT2D eigenvalue weighted by atomic mass is 10.2. The maximum absolute atomic E-state index is 12.0. The average molecular weight is 669 g/mol. The van der Waals surface area contributed by atoms with E-state index in [1.54, 1.807) is 15.9 Å². The summed E-state index contributed by atoms with van der Waals surface area (Å²) in [6.07, 6.45) is 0.169. The summed E-state index contributed by atoms with van der Waals surface area (Å²) < 4.78 is 10.6. The molecule has 4 rings (SSSR count). The fourth-order valence-corrected chi connectivity index (χ4v) is 5.47. The number of amides is 2. The molecule has 2 fully saturated rings. The predicted molar refractivity (Wildman–Crippen MR) is 172 cm³/mol. The monoisotopic (exact) mass is 668 g/mol. The van der Waals surface area contributed by atoms with E-state index in [0.29, 0.717) is 29.1 Å². The summed E-state index contributed by atoms with van der Waals surface area (Å²) in [5.41, 5.74) is -0.861. The minimum absolute atomic E-state index is 0.196. The minimum Gasteiger partial charge on any atom is -0.477 e. The number of thiophene rings is 2. The molecule has 2 aliphatic rings. The van der Waals surface area contributed by atoms with Gasteiger partial charge in [-0.2, -0.15) is 0 Å². The summed E-state index contributed by atoms with van der Waals surface area (Å²) in [6.45, 7) is 17.9. The topological polar surface area (TPSA) is 166 Å². The number of nitrogens with zero attached hydrogens (tertiary/aromatic N) is 3. The van der Waals surface area contributed by atoms with Gasteiger partial charge in [0.25, 0.3) is 0 Å². The molecule has 0 radical (unpaired) electrons. The first-order chi connectivity index (χ1) is 21.0. The zero-order valence-corrected chi connectivity index (χ0v) is 28.3. The molecule has 0 unspecified atom stereocenters. The second kappa shape index (κ2) is 17.2. The standard InChI is InChI=1S/C15H22N2O4S.C9H18N2O2.C6H4O3S/c1-15(2,3)21-14(20)17-8-6-16(7-9-17)10-11-4-5-12(22-11)13(18)19;1-9(2,3)13-8(12)11-6-4-10-5-7-11;7-3-4-1-2-5(10-4)6(8)9/h4-5H,6-10H2,1-3H3,(H,18,19);10H,4-7H2,1-3H3;1-3H,(H,8,9). The number of carbonyl (C=O) groups excluding carboxylic acids is 3. The average Bonchev–Trinajstić information content (AvgIpc) is 3.63. The first kappa shape index (κ1) is 37.7. The van der Waals surface area contributed by atoms with E-state index in [-0.39, 0.29) is 22.7 Å². The molecule has 0 atom stereocenters. The molecule has 0 saturated carbocycles. The highest BCUT2D eigenvalue weighted by Crippen LogP contribution is 2.20. The summed E-state index contributed by atoms with van der Waals surface area (Å²) in [5, 5.41) is 20.5. The van der Waals surface area contributed by atoms with Crippen LogP contribution in [0.3, 0.4) is 0 Å². The zero-order chi connectivity index (χ0) is 33.8. The Morgan fingerprint density at radius 3 is 1.62 bits per heavy atom. The molecular formula is C30H44N4O9S2. The van der Waals surface area contributed by atoms with Gasteiger partial charge in [-0.3, -0.25) is 9.69 Å². The Bertz CT molecular complexity index is 1280. The molecule has 4 heterocycles. The molecule has 0 bridgehead atoms. The molecular weight excluding hydrogens is 624 g/mol. The van der Waals surface area contributed by atoms with Crippen molar-refractivity contribution in [2.75, 3.05) is 52.4 Å². The quantitative estimate of drug-likeness (QED) is 0.382. The van der Waals surface area contributed by atoms with E-state index in [0.717, 1.165) is 62.0 Å². The van der Waals surface area contributed by atoms with Gasteiger partial charge < -0.3 is 34.8 Å². The number of carboxylic acid groups (broad SMARTS) is 2. The van der Waals surface area contributed by atoms with E-state index in [4.69, 9.17) is 19.7 Å². The summed E-state index contributed by atoms with van der Waals surface area (Å²) >= 11 is 2.28.